The zero-order chi connectivity index (χ0) is 19.2. The maximum atomic E-state index is 14.4. The van der Waals surface area contributed by atoms with Crippen LogP contribution in [-0.2, 0) is 22.6 Å². The molecule has 0 amide bonds. The Bertz CT molecular complexity index is 713. The van der Waals surface area contributed by atoms with Gasteiger partial charge in [-0.2, -0.15) is 0 Å². The molecule has 0 radical (unpaired) electrons. The van der Waals surface area contributed by atoms with E-state index in [1.54, 1.807) is 32.9 Å². The minimum absolute atomic E-state index is 0.508. The summed E-state index contributed by atoms with van der Waals surface area (Å²) in [5, 5.41) is 9.67. The normalized spacial score (nSPS) is 24.7. The first kappa shape index (κ1) is 19.4. The third kappa shape index (κ3) is 2.65. The molecule has 7 heteroatoms. The lowest BCUT2D eigenvalue weighted by atomic mass is 9.87. The topological polar surface area (TPSA) is 46.5 Å². The zero-order valence-corrected chi connectivity index (χ0v) is 14.4. The highest BCUT2D eigenvalue weighted by Crippen LogP contribution is 2.71. The van der Waals surface area contributed by atoms with Gasteiger partial charge in [-0.15, -0.1) is 0 Å². The van der Waals surface area contributed by atoms with Crippen molar-refractivity contribution in [2.45, 2.75) is 33.8 Å². The molecule has 0 aliphatic heterocycles. The van der Waals surface area contributed by atoms with Gasteiger partial charge in [0.05, 0.1) is 17.6 Å². The molecule has 138 valence electrons. The van der Waals surface area contributed by atoms with Crippen LogP contribution in [0.3, 0.4) is 0 Å². The second kappa shape index (κ2) is 6.44. The van der Waals surface area contributed by atoms with Gasteiger partial charge in [0.1, 0.15) is 0 Å². The van der Waals surface area contributed by atoms with Crippen molar-refractivity contribution in [3.05, 3.63) is 46.5 Å². The van der Waals surface area contributed by atoms with Crippen molar-refractivity contribution in [2.24, 2.45) is 16.7 Å². The van der Waals surface area contributed by atoms with E-state index in [1.807, 2.05) is 0 Å². The number of hydrogen-bond acceptors (Lipinski definition) is 2. The van der Waals surface area contributed by atoms with Crippen LogP contribution in [0.5, 0.6) is 0 Å². The molecule has 2 unspecified atom stereocenters. The number of hydrogen-bond donors (Lipinski definition) is 1. The molecule has 3 nitrogen and oxygen atoms in total. The van der Waals surface area contributed by atoms with E-state index in [0.29, 0.717) is 0 Å². The van der Waals surface area contributed by atoms with Gasteiger partial charge in [-0.3, -0.25) is 4.79 Å². The molecule has 1 aromatic rings. The predicted octanol–water partition coefficient (Wildman–Crippen LogP) is 4.24. The first-order valence-electron chi connectivity index (χ1n) is 7.76. The number of ether oxygens (including phenoxy) is 1. The van der Waals surface area contributed by atoms with Gasteiger partial charge in [-0.25, -0.2) is 17.6 Å². The molecule has 0 heterocycles. The average Bonchev–Trinajstić information content (AvgIpc) is 3.02. The summed E-state index contributed by atoms with van der Waals surface area (Å²) in [5.74, 6) is -8.04. The van der Waals surface area contributed by atoms with Gasteiger partial charge >= 0.3 is 5.97 Å². The molecule has 0 aromatic heterocycles. The number of carbonyl (C=O) groups is 1. The molecule has 1 N–H and O–H groups in total. The van der Waals surface area contributed by atoms with E-state index < -0.39 is 70.1 Å². The van der Waals surface area contributed by atoms with E-state index in [9.17, 15) is 27.5 Å². The van der Waals surface area contributed by atoms with E-state index in [2.05, 4.69) is 4.74 Å². The Kier molecular flexibility index (Phi) is 5.01. The lowest BCUT2D eigenvalue weighted by Gasteiger charge is -2.18. The SMILES string of the molecule is C/C=C\C1C(C)(C)C1(Cc1c(F)c(F)c(COC)c(F)c1F)C(=O)O. The molecule has 0 saturated heterocycles. The number of rotatable bonds is 6. The van der Waals surface area contributed by atoms with Gasteiger partial charge in [0, 0.05) is 12.7 Å². The van der Waals surface area contributed by atoms with Gasteiger partial charge in [0.2, 0.25) is 0 Å². The number of carboxylic acid groups (broad SMARTS) is 1. The van der Waals surface area contributed by atoms with E-state index in [4.69, 9.17) is 0 Å². The van der Waals surface area contributed by atoms with Crippen molar-refractivity contribution < 1.29 is 32.2 Å². The summed E-state index contributed by atoms with van der Waals surface area (Å²) in [5.41, 5.74) is -4.10. The molecule has 25 heavy (non-hydrogen) atoms. The molecule has 1 aliphatic rings. The van der Waals surface area contributed by atoms with Gasteiger partial charge in [0.15, 0.2) is 23.3 Å². The Hall–Kier alpha value is -1.89. The zero-order valence-electron chi connectivity index (χ0n) is 14.4. The standard InChI is InChI=1S/C18H20F4O3/c1-5-6-11-17(2,3)18(11,16(23)24)7-9-12(19)14(21)10(8-25-4)15(22)13(9)20/h5-6,11H,7-8H2,1-4H3,(H,23,24)/b6-5-. The largest absolute Gasteiger partial charge is 0.481 e. The van der Waals surface area contributed by atoms with Crippen LogP contribution in [-0.4, -0.2) is 18.2 Å². The predicted molar refractivity (Wildman–Crippen MR) is 82.8 cm³/mol. The Balaban J connectivity index is 2.59. The Morgan fingerprint density at radius 1 is 1.12 bits per heavy atom. The highest BCUT2D eigenvalue weighted by molar-refractivity contribution is 5.82. The van der Waals surface area contributed by atoms with E-state index in [1.165, 1.54) is 0 Å². The molecular formula is C18H20F4O3. The maximum Gasteiger partial charge on any atom is 0.311 e. The van der Waals surface area contributed by atoms with Crippen LogP contribution in [0, 0.1) is 40.0 Å². The summed E-state index contributed by atoms with van der Waals surface area (Å²) >= 11 is 0. The van der Waals surface area contributed by atoms with Crippen LogP contribution >= 0.6 is 0 Å². The highest BCUT2D eigenvalue weighted by Gasteiger charge is 2.74. The van der Waals surface area contributed by atoms with Crippen LogP contribution in [0.25, 0.3) is 0 Å². The Labute approximate surface area is 143 Å². The van der Waals surface area contributed by atoms with E-state index in [-0.39, 0.29) is 0 Å². The summed E-state index contributed by atoms with van der Waals surface area (Å²) in [6.07, 6.45) is 2.63. The Morgan fingerprint density at radius 3 is 2.00 bits per heavy atom. The summed E-state index contributed by atoms with van der Waals surface area (Å²) in [7, 11) is 1.14. The summed E-state index contributed by atoms with van der Waals surface area (Å²) in [6, 6.07) is 0. The van der Waals surface area contributed by atoms with Crippen LogP contribution < -0.4 is 0 Å². The number of aliphatic carboxylic acids is 1. The van der Waals surface area contributed by atoms with Crippen molar-refractivity contribution in [3.63, 3.8) is 0 Å². The van der Waals surface area contributed by atoms with Gasteiger partial charge in [0.25, 0.3) is 0 Å². The summed E-state index contributed by atoms with van der Waals surface area (Å²) in [6.45, 7) is 4.35. The van der Waals surface area contributed by atoms with Gasteiger partial charge in [-0.05, 0) is 24.7 Å². The Morgan fingerprint density at radius 2 is 1.60 bits per heavy atom. The molecule has 1 saturated carbocycles. The lowest BCUT2D eigenvalue weighted by Crippen LogP contribution is -2.26. The number of methoxy groups -OCH3 is 1. The van der Waals surface area contributed by atoms with Crippen molar-refractivity contribution >= 4 is 5.97 Å². The quantitative estimate of drug-likeness (QED) is 0.469. The first-order chi connectivity index (χ1) is 11.6. The fourth-order valence-corrected chi connectivity index (χ4v) is 3.74. The summed E-state index contributed by atoms with van der Waals surface area (Å²) in [4.78, 5) is 11.9. The third-order valence-corrected chi connectivity index (χ3v) is 5.33. The highest BCUT2D eigenvalue weighted by atomic mass is 19.2. The summed E-state index contributed by atoms with van der Waals surface area (Å²) < 4.78 is 61.5. The average molecular weight is 360 g/mol. The van der Waals surface area contributed by atoms with Gasteiger partial charge < -0.3 is 9.84 Å². The third-order valence-electron chi connectivity index (χ3n) is 5.33. The van der Waals surface area contributed by atoms with Crippen LogP contribution in [0.1, 0.15) is 31.9 Å². The smallest absolute Gasteiger partial charge is 0.311 e. The number of carboxylic acids is 1. The van der Waals surface area contributed by atoms with Crippen LogP contribution in [0.2, 0.25) is 0 Å². The van der Waals surface area contributed by atoms with Crippen molar-refractivity contribution in [1.29, 1.82) is 0 Å². The van der Waals surface area contributed by atoms with Gasteiger partial charge in [-0.1, -0.05) is 26.0 Å². The van der Waals surface area contributed by atoms with E-state index >= 15 is 0 Å². The second-order valence-electron chi connectivity index (χ2n) is 6.82. The molecule has 1 aromatic carbocycles. The van der Waals surface area contributed by atoms with Crippen LogP contribution in [0.15, 0.2) is 12.2 Å². The maximum absolute atomic E-state index is 14.4. The molecule has 1 aliphatic carbocycles. The van der Waals surface area contributed by atoms with E-state index in [0.717, 1.165) is 7.11 Å². The minimum atomic E-state index is -1.58. The fraction of sp³-hybridized carbons (Fsp3) is 0.500. The lowest BCUT2D eigenvalue weighted by molar-refractivity contribution is -0.145. The number of benzene rings is 1. The van der Waals surface area contributed by atoms with Crippen molar-refractivity contribution in [1.82, 2.24) is 0 Å². The minimum Gasteiger partial charge on any atom is -0.481 e. The van der Waals surface area contributed by atoms with Crippen molar-refractivity contribution in [3.8, 4) is 0 Å². The molecule has 1 fully saturated rings. The molecule has 2 rings (SSSR count). The number of halogens is 4. The number of allylic oxidation sites excluding steroid dienone is 2. The molecular weight excluding hydrogens is 340 g/mol. The first-order valence-corrected chi connectivity index (χ1v) is 7.76. The van der Waals surface area contributed by atoms with Crippen molar-refractivity contribution in [2.75, 3.05) is 7.11 Å². The fourth-order valence-electron chi connectivity index (χ4n) is 3.74. The monoisotopic (exact) mass is 360 g/mol. The molecule has 0 spiro atoms. The second-order valence-corrected chi connectivity index (χ2v) is 6.82. The molecule has 0 bridgehead atoms. The molecule has 2 atom stereocenters. The van der Waals surface area contributed by atoms with Crippen LogP contribution in [0.4, 0.5) is 17.6 Å².